The maximum absolute atomic E-state index is 12.9. The number of benzene rings is 1. The van der Waals surface area contributed by atoms with Crippen molar-refractivity contribution in [3.63, 3.8) is 0 Å². The van der Waals surface area contributed by atoms with Crippen LogP contribution in [-0.2, 0) is 14.4 Å². The number of anilines is 1. The molecule has 160 valence electrons. The molecule has 0 aliphatic carbocycles. The molecule has 3 amide bonds. The van der Waals surface area contributed by atoms with Gasteiger partial charge >= 0.3 is 0 Å². The zero-order valence-electron chi connectivity index (χ0n) is 17.1. The molecule has 0 spiro atoms. The van der Waals surface area contributed by atoms with Crippen LogP contribution in [0.15, 0.2) is 24.3 Å². The Hall–Kier alpha value is -2.52. The second-order valence-corrected chi connectivity index (χ2v) is 6.97. The summed E-state index contributed by atoms with van der Waals surface area (Å²) in [6.07, 6.45) is 0. The number of piperazine rings is 1. The smallest absolute Gasteiger partial charge is 0.239 e. The van der Waals surface area contributed by atoms with Crippen LogP contribution in [0.1, 0.15) is 13.8 Å². The minimum atomic E-state index is -0.346. The van der Waals surface area contributed by atoms with E-state index in [0.29, 0.717) is 45.0 Å². The van der Waals surface area contributed by atoms with Gasteiger partial charge in [-0.3, -0.25) is 24.2 Å². The molecule has 1 aromatic rings. The summed E-state index contributed by atoms with van der Waals surface area (Å²) >= 11 is 0. The Morgan fingerprint density at radius 1 is 0.966 bits per heavy atom. The average molecular weight is 407 g/mol. The number of halogens is 1. The van der Waals surface area contributed by atoms with Gasteiger partial charge in [-0.15, -0.1) is 0 Å². The van der Waals surface area contributed by atoms with E-state index in [1.54, 1.807) is 4.90 Å². The van der Waals surface area contributed by atoms with E-state index >= 15 is 0 Å². The average Bonchev–Trinajstić information content (AvgIpc) is 2.69. The van der Waals surface area contributed by atoms with Crippen LogP contribution in [-0.4, -0.2) is 91.3 Å². The minimum absolute atomic E-state index is 0.0683. The zero-order chi connectivity index (χ0) is 21.2. The summed E-state index contributed by atoms with van der Waals surface area (Å²) in [5, 5.41) is 5.45. The third kappa shape index (κ3) is 7.78. The molecule has 1 fully saturated rings. The van der Waals surface area contributed by atoms with E-state index in [1.165, 1.54) is 24.3 Å². The van der Waals surface area contributed by atoms with E-state index in [9.17, 15) is 18.8 Å². The van der Waals surface area contributed by atoms with Gasteiger partial charge in [-0.05, 0) is 38.1 Å². The fraction of sp³-hybridized carbons (Fsp3) is 0.550. The van der Waals surface area contributed by atoms with Crippen LogP contribution >= 0.6 is 0 Å². The molecule has 0 unspecified atom stereocenters. The van der Waals surface area contributed by atoms with Crippen LogP contribution in [0.25, 0.3) is 0 Å². The maximum atomic E-state index is 12.9. The summed E-state index contributed by atoms with van der Waals surface area (Å²) in [7, 11) is 0. The van der Waals surface area contributed by atoms with Gasteiger partial charge in [0.2, 0.25) is 17.7 Å². The summed E-state index contributed by atoms with van der Waals surface area (Å²) in [5.41, 5.74) is 0.562. The van der Waals surface area contributed by atoms with Crippen LogP contribution in [0.4, 0.5) is 10.1 Å². The Balaban J connectivity index is 1.72. The van der Waals surface area contributed by atoms with E-state index in [2.05, 4.69) is 10.6 Å². The molecule has 2 N–H and O–H groups in total. The lowest BCUT2D eigenvalue weighted by Crippen LogP contribution is -2.52. The minimum Gasteiger partial charge on any atom is -0.355 e. The number of hydrogen-bond acceptors (Lipinski definition) is 5. The van der Waals surface area contributed by atoms with E-state index in [4.69, 9.17) is 0 Å². The molecule has 9 heteroatoms. The van der Waals surface area contributed by atoms with Crippen molar-refractivity contribution in [1.82, 2.24) is 20.0 Å². The van der Waals surface area contributed by atoms with Gasteiger partial charge in [-0.25, -0.2) is 4.39 Å². The van der Waals surface area contributed by atoms with Gasteiger partial charge in [0.05, 0.1) is 19.6 Å². The Morgan fingerprint density at radius 2 is 1.55 bits per heavy atom. The van der Waals surface area contributed by atoms with Gasteiger partial charge in [-0.1, -0.05) is 0 Å². The topological polar surface area (TPSA) is 85.0 Å². The van der Waals surface area contributed by atoms with Crippen LogP contribution in [0.2, 0.25) is 0 Å². The predicted molar refractivity (Wildman–Crippen MR) is 109 cm³/mol. The molecule has 1 saturated heterocycles. The second-order valence-electron chi connectivity index (χ2n) is 6.97. The predicted octanol–water partition coefficient (Wildman–Crippen LogP) is 0.366. The number of rotatable bonds is 9. The van der Waals surface area contributed by atoms with E-state index in [-0.39, 0.29) is 43.2 Å². The van der Waals surface area contributed by atoms with Crippen molar-refractivity contribution >= 4 is 23.4 Å². The molecule has 0 atom stereocenters. The first kappa shape index (κ1) is 22.8. The fourth-order valence-electron chi connectivity index (χ4n) is 3.14. The molecule has 0 aromatic heterocycles. The van der Waals surface area contributed by atoms with E-state index in [0.717, 1.165) is 0 Å². The summed E-state index contributed by atoms with van der Waals surface area (Å²) in [6.45, 7) is 8.01. The molecule has 0 saturated carbocycles. The number of carbonyl (C=O) groups excluding carboxylic acids is 3. The molecule has 2 rings (SSSR count). The Kier molecular flexibility index (Phi) is 9.01. The van der Waals surface area contributed by atoms with Crippen LogP contribution in [0.3, 0.4) is 0 Å². The number of nitrogens with one attached hydrogen (secondary N) is 2. The van der Waals surface area contributed by atoms with Crippen molar-refractivity contribution in [2.24, 2.45) is 0 Å². The molecule has 0 radical (unpaired) electrons. The summed E-state index contributed by atoms with van der Waals surface area (Å²) in [5.74, 6) is -0.720. The first-order valence-corrected chi connectivity index (χ1v) is 9.95. The third-order valence-electron chi connectivity index (χ3n) is 4.76. The largest absolute Gasteiger partial charge is 0.355 e. The second kappa shape index (κ2) is 11.5. The molecule has 1 heterocycles. The quantitative estimate of drug-likeness (QED) is 0.618. The number of hydrogen-bond donors (Lipinski definition) is 2. The summed E-state index contributed by atoms with van der Waals surface area (Å²) in [6, 6.07) is 5.65. The lowest BCUT2D eigenvalue weighted by atomic mass is 10.2. The standard InChI is InChI=1S/C20H30FN5O3/c1-3-22-18(27)14-26(4-2)20(29)15-25-11-9-24(10-12-25)13-19(28)23-17-7-5-16(21)6-8-17/h5-8H,3-4,9-15H2,1-2H3,(H,22,27)(H,23,28). The van der Waals surface area contributed by atoms with Crippen molar-refractivity contribution < 1.29 is 18.8 Å². The SMILES string of the molecule is CCNC(=O)CN(CC)C(=O)CN1CCN(CC(=O)Nc2ccc(F)cc2)CC1. The monoisotopic (exact) mass is 407 g/mol. The molecular formula is C20H30FN5O3. The lowest BCUT2D eigenvalue weighted by molar-refractivity contribution is -0.137. The molecule has 1 aliphatic rings. The van der Waals surface area contributed by atoms with Gasteiger partial charge in [0.15, 0.2) is 0 Å². The van der Waals surface area contributed by atoms with Gasteiger partial charge in [0.25, 0.3) is 0 Å². The van der Waals surface area contributed by atoms with Crippen molar-refractivity contribution in [2.45, 2.75) is 13.8 Å². The summed E-state index contributed by atoms with van der Waals surface area (Å²) in [4.78, 5) is 41.9. The first-order chi connectivity index (χ1) is 13.9. The Morgan fingerprint density at radius 3 is 2.10 bits per heavy atom. The van der Waals surface area contributed by atoms with E-state index in [1.807, 2.05) is 23.6 Å². The van der Waals surface area contributed by atoms with Crippen molar-refractivity contribution in [2.75, 3.05) is 64.2 Å². The number of nitrogens with zero attached hydrogens (tertiary/aromatic N) is 3. The molecular weight excluding hydrogens is 377 g/mol. The van der Waals surface area contributed by atoms with Crippen LogP contribution < -0.4 is 10.6 Å². The lowest BCUT2D eigenvalue weighted by Gasteiger charge is -2.34. The Bertz CT molecular complexity index is 690. The molecule has 0 bridgehead atoms. The zero-order valence-corrected chi connectivity index (χ0v) is 17.1. The van der Waals surface area contributed by atoms with E-state index < -0.39 is 0 Å². The van der Waals surface area contributed by atoms with Gasteiger partial charge in [0.1, 0.15) is 5.82 Å². The van der Waals surface area contributed by atoms with Gasteiger partial charge in [0, 0.05) is 45.0 Å². The highest BCUT2D eigenvalue weighted by molar-refractivity contribution is 5.92. The number of likely N-dealkylation sites (N-methyl/N-ethyl adjacent to an activating group) is 2. The number of carbonyl (C=O) groups is 3. The van der Waals surface area contributed by atoms with Crippen molar-refractivity contribution in [3.05, 3.63) is 30.1 Å². The van der Waals surface area contributed by atoms with Crippen molar-refractivity contribution in [1.29, 1.82) is 0 Å². The summed E-state index contributed by atoms with van der Waals surface area (Å²) < 4.78 is 12.9. The van der Waals surface area contributed by atoms with Gasteiger partial charge < -0.3 is 15.5 Å². The highest BCUT2D eigenvalue weighted by Crippen LogP contribution is 2.09. The van der Waals surface area contributed by atoms with Crippen molar-refractivity contribution in [3.8, 4) is 0 Å². The highest BCUT2D eigenvalue weighted by atomic mass is 19.1. The Labute approximate surface area is 171 Å². The normalized spacial score (nSPS) is 15.0. The maximum Gasteiger partial charge on any atom is 0.239 e. The molecule has 1 aromatic carbocycles. The first-order valence-electron chi connectivity index (χ1n) is 9.95. The third-order valence-corrected chi connectivity index (χ3v) is 4.76. The van der Waals surface area contributed by atoms with Gasteiger partial charge in [-0.2, -0.15) is 0 Å². The fourth-order valence-corrected chi connectivity index (χ4v) is 3.14. The highest BCUT2D eigenvalue weighted by Gasteiger charge is 2.23. The molecule has 8 nitrogen and oxygen atoms in total. The molecule has 1 aliphatic heterocycles. The molecule has 29 heavy (non-hydrogen) atoms. The van der Waals surface area contributed by atoms with Crippen LogP contribution in [0, 0.1) is 5.82 Å². The van der Waals surface area contributed by atoms with Crippen LogP contribution in [0.5, 0.6) is 0 Å². The number of amides is 3.